The van der Waals surface area contributed by atoms with E-state index >= 15 is 0 Å². The average molecular weight is 313 g/mol. The molecule has 0 fully saturated rings. The molecule has 2 aromatic carbocycles. The number of anilines is 1. The van der Waals surface area contributed by atoms with Crippen LogP contribution in [0.1, 0.15) is 5.56 Å². The summed E-state index contributed by atoms with van der Waals surface area (Å²) in [7, 11) is 0. The van der Waals surface area contributed by atoms with Gasteiger partial charge in [-0.2, -0.15) is 0 Å². The zero-order valence-corrected chi connectivity index (χ0v) is 11.3. The molecular formula is C13H11BrClNO. The van der Waals surface area contributed by atoms with Crippen LogP contribution in [0.25, 0.3) is 0 Å². The molecule has 0 radical (unpaired) electrons. The molecule has 0 heterocycles. The molecule has 0 aliphatic rings. The topological polar surface area (TPSA) is 35.2 Å². The second-order valence-corrected chi connectivity index (χ2v) is 4.89. The van der Waals surface area contributed by atoms with Gasteiger partial charge >= 0.3 is 0 Å². The maximum Gasteiger partial charge on any atom is 0.144 e. The monoisotopic (exact) mass is 311 g/mol. The Hall–Kier alpha value is -1.19. The van der Waals surface area contributed by atoms with Crippen molar-refractivity contribution in [2.75, 3.05) is 5.73 Å². The number of ether oxygens (including phenoxy) is 1. The van der Waals surface area contributed by atoms with Gasteiger partial charge < -0.3 is 10.5 Å². The number of nitrogen functional groups attached to an aromatic ring is 1. The SMILES string of the molecule is Nc1c(Cl)cccc1OCc1cccc(Br)c1. The van der Waals surface area contributed by atoms with Crippen molar-refractivity contribution in [1.29, 1.82) is 0 Å². The highest BCUT2D eigenvalue weighted by molar-refractivity contribution is 9.10. The van der Waals surface area contributed by atoms with Gasteiger partial charge in [-0.3, -0.25) is 0 Å². The van der Waals surface area contributed by atoms with Gasteiger partial charge in [-0.15, -0.1) is 0 Å². The standard InChI is InChI=1S/C13H11BrClNO/c14-10-4-1-3-9(7-10)8-17-12-6-2-5-11(15)13(12)16/h1-7H,8,16H2. The largest absolute Gasteiger partial charge is 0.487 e. The molecule has 2 N–H and O–H groups in total. The minimum absolute atomic E-state index is 0.462. The third-order valence-electron chi connectivity index (χ3n) is 2.30. The van der Waals surface area contributed by atoms with Crippen LogP contribution in [0.5, 0.6) is 5.75 Å². The fourth-order valence-corrected chi connectivity index (χ4v) is 2.04. The van der Waals surface area contributed by atoms with Crippen LogP contribution >= 0.6 is 27.5 Å². The van der Waals surface area contributed by atoms with Gasteiger partial charge in [-0.1, -0.05) is 45.7 Å². The minimum atomic E-state index is 0.462. The molecular weight excluding hydrogens is 302 g/mol. The van der Waals surface area contributed by atoms with E-state index in [1.807, 2.05) is 30.3 Å². The van der Waals surface area contributed by atoms with E-state index < -0.39 is 0 Å². The van der Waals surface area contributed by atoms with Crippen molar-refractivity contribution in [3.63, 3.8) is 0 Å². The predicted molar refractivity (Wildman–Crippen MR) is 74.3 cm³/mol. The third-order valence-corrected chi connectivity index (χ3v) is 3.12. The molecule has 0 aromatic heterocycles. The summed E-state index contributed by atoms with van der Waals surface area (Å²) in [6.45, 7) is 0.462. The second kappa shape index (κ2) is 5.43. The summed E-state index contributed by atoms with van der Waals surface area (Å²) in [5.74, 6) is 0.609. The summed E-state index contributed by atoms with van der Waals surface area (Å²) in [4.78, 5) is 0. The van der Waals surface area contributed by atoms with Crippen molar-refractivity contribution in [3.05, 3.63) is 57.5 Å². The van der Waals surface area contributed by atoms with Crippen molar-refractivity contribution >= 4 is 33.2 Å². The van der Waals surface area contributed by atoms with Crippen molar-refractivity contribution < 1.29 is 4.74 Å². The maximum absolute atomic E-state index is 5.91. The van der Waals surface area contributed by atoms with Crippen LogP contribution in [0, 0.1) is 0 Å². The highest BCUT2D eigenvalue weighted by Gasteiger charge is 2.04. The van der Waals surface area contributed by atoms with Gasteiger partial charge in [0.1, 0.15) is 12.4 Å². The summed E-state index contributed by atoms with van der Waals surface area (Å²) in [5, 5.41) is 0.511. The minimum Gasteiger partial charge on any atom is -0.487 e. The van der Waals surface area contributed by atoms with Gasteiger partial charge in [0.25, 0.3) is 0 Å². The summed E-state index contributed by atoms with van der Waals surface area (Å²) < 4.78 is 6.65. The summed E-state index contributed by atoms with van der Waals surface area (Å²) in [6.07, 6.45) is 0. The van der Waals surface area contributed by atoms with E-state index in [4.69, 9.17) is 22.1 Å². The Morgan fingerprint density at radius 3 is 2.71 bits per heavy atom. The smallest absolute Gasteiger partial charge is 0.144 e. The van der Waals surface area contributed by atoms with Crippen molar-refractivity contribution in [1.82, 2.24) is 0 Å². The maximum atomic E-state index is 5.91. The molecule has 0 unspecified atom stereocenters. The van der Waals surface area contributed by atoms with Gasteiger partial charge in [0.15, 0.2) is 0 Å². The van der Waals surface area contributed by atoms with Crippen LogP contribution in [-0.2, 0) is 6.61 Å². The fraction of sp³-hybridized carbons (Fsp3) is 0.0769. The Labute approximate surface area is 113 Å². The summed E-state index contributed by atoms with van der Waals surface area (Å²) >= 11 is 9.32. The van der Waals surface area contributed by atoms with Crippen molar-refractivity contribution in [3.8, 4) is 5.75 Å². The van der Waals surface area contributed by atoms with Crippen LogP contribution in [-0.4, -0.2) is 0 Å². The zero-order valence-electron chi connectivity index (χ0n) is 8.99. The molecule has 2 rings (SSSR count). The lowest BCUT2D eigenvalue weighted by atomic mass is 10.2. The first-order valence-corrected chi connectivity index (χ1v) is 6.25. The van der Waals surface area contributed by atoms with E-state index in [0.717, 1.165) is 10.0 Å². The number of para-hydroxylation sites is 1. The van der Waals surface area contributed by atoms with E-state index in [9.17, 15) is 0 Å². The van der Waals surface area contributed by atoms with Crippen LogP contribution in [0.4, 0.5) is 5.69 Å². The van der Waals surface area contributed by atoms with E-state index in [1.54, 1.807) is 12.1 Å². The third kappa shape index (κ3) is 3.14. The van der Waals surface area contributed by atoms with Crippen LogP contribution in [0.3, 0.4) is 0 Å². The average Bonchev–Trinajstić information content (AvgIpc) is 2.31. The van der Waals surface area contributed by atoms with Crippen LogP contribution in [0.2, 0.25) is 5.02 Å². The van der Waals surface area contributed by atoms with E-state index in [-0.39, 0.29) is 0 Å². The highest BCUT2D eigenvalue weighted by Crippen LogP contribution is 2.29. The molecule has 2 aromatic rings. The zero-order chi connectivity index (χ0) is 12.3. The van der Waals surface area contributed by atoms with E-state index in [0.29, 0.717) is 23.1 Å². The van der Waals surface area contributed by atoms with E-state index in [1.165, 1.54) is 0 Å². The molecule has 0 saturated carbocycles. The van der Waals surface area contributed by atoms with Gasteiger partial charge in [0.2, 0.25) is 0 Å². The van der Waals surface area contributed by atoms with E-state index in [2.05, 4.69) is 15.9 Å². The Bertz CT molecular complexity index is 531. The lowest BCUT2D eigenvalue weighted by Crippen LogP contribution is -1.99. The predicted octanol–water partition coefficient (Wildman–Crippen LogP) is 4.26. The Morgan fingerprint density at radius 2 is 1.94 bits per heavy atom. The summed E-state index contributed by atoms with van der Waals surface area (Å²) in [6, 6.07) is 13.3. The van der Waals surface area contributed by atoms with Crippen LogP contribution in [0.15, 0.2) is 46.9 Å². The molecule has 0 aliphatic carbocycles. The first kappa shape index (κ1) is 12.3. The van der Waals surface area contributed by atoms with Gasteiger partial charge in [0.05, 0.1) is 10.7 Å². The molecule has 2 nitrogen and oxygen atoms in total. The molecule has 0 bridgehead atoms. The molecule has 0 aliphatic heterocycles. The van der Waals surface area contributed by atoms with Gasteiger partial charge in [-0.25, -0.2) is 0 Å². The molecule has 17 heavy (non-hydrogen) atoms. The first-order chi connectivity index (χ1) is 8.16. The fourth-order valence-electron chi connectivity index (χ4n) is 1.43. The summed E-state index contributed by atoms with van der Waals surface area (Å²) in [5.41, 5.74) is 7.35. The van der Waals surface area contributed by atoms with Crippen LogP contribution < -0.4 is 10.5 Å². The normalized spacial score (nSPS) is 10.2. The molecule has 88 valence electrons. The number of rotatable bonds is 3. The highest BCUT2D eigenvalue weighted by atomic mass is 79.9. The molecule has 0 spiro atoms. The Kier molecular flexibility index (Phi) is 3.92. The molecule has 0 saturated heterocycles. The Balaban J connectivity index is 2.10. The number of halogens is 2. The number of hydrogen-bond acceptors (Lipinski definition) is 2. The quantitative estimate of drug-likeness (QED) is 0.859. The molecule has 4 heteroatoms. The number of nitrogens with two attached hydrogens (primary N) is 1. The number of benzene rings is 2. The van der Waals surface area contributed by atoms with Crippen molar-refractivity contribution in [2.45, 2.75) is 6.61 Å². The molecule has 0 atom stereocenters. The first-order valence-electron chi connectivity index (χ1n) is 5.08. The lowest BCUT2D eigenvalue weighted by molar-refractivity contribution is 0.308. The second-order valence-electron chi connectivity index (χ2n) is 3.57. The van der Waals surface area contributed by atoms with Crippen molar-refractivity contribution in [2.24, 2.45) is 0 Å². The van der Waals surface area contributed by atoms with Gasteiger partial charge in [-0.05, 0) is 29.8 Å². The number of hydrogen-bond donors (Lipinski definition) is 1. The lowest BCUT2D eigenvalue weighted by Gasteiger charge is -2.09. The van der Waals surface area contributed by atoms with Gasteiger partial charge in [0, 0.05) is 4.47 Å². The Morgan fingerprint density at radius 1 is 1.18 bits per heavy atom. The molecule has 0 amide bonds.